The number of nitrogens with zero attached hydrogens (tertiary/aromatic N) is 7. The van der Waals surface area contributed by atoms with Gasteiger partial charge in [-0.3, -0.25) is 9.69 Å². The summed E-state index contributed by atoms with van der Waals surface area (Å²) in [5.41, 5.74) is 6.44. The molecule has 0 bridgehead atoms. The van der Waals surface area contributed by atoms with E-state index in [-0.39, 0.29) is 66.8 Å². The monoisotopic (exact) mass is 734 g/mol. The van der Waals surface area contributed by atoms with E-state index >= 15 is 4.39 Å². The second kappa shape index (κ2) is 13.0. The van der Waals surface area contributed by atoms with Crippen molar-refractivity contribution in [3.05, 3.63) is 58.4 Å². The molecule has 8 rings (SSSR count). The van der Waals surface area contributed by atoms with Gasteiger partial charge in [-0.25, -0.2) is 17.9 Å². The number of benzene rings is 2. The van der Waals surface area contributed by atoms with Crippen molar-refractivity contribution in [2.75, 3.05) is 43.4 Å². The smallest absolute Gasteiger partial charge is 0.319 e. The Bertz CT molecular complexity index is 2260. The van der Waals surface area contributed by atoms with Gasteiger partial charge in [-0.2, -0.15) is 20.3 Å². The predicted molar refractivity (Wildman–Crippen MR) is 190 cm³/mol. The number of aryl methyl sites for hydroxylation is 1. The molecule has 3 aliphatic rings. The largest absolute Gasteiger partial charge is 0.461 e. The lowest BCUT2D eigenvalue weighted by molar-refractivity contribution is 0.0806. The Kier molecular flexibility index (Phi) is 8.55. The fourth-order valence-corrected chi connectivity index (χ4v) is 9.39. The molecule has 264 valence electrons. The molecule has 3 atom stereocenters. The standard InChI is InChI=1S/C36H34ClF3N8O2S/c1-19-7-13-48(45-19)34(49)20-4-2-10-46(12-8-20)33-23-14-25(37)28(22-5-6-26(39)31-27(22)24(16-41)32(42)51-31)29(40)30(23)43-35(44-33)50-18-36-9-3-11-47(36)17-21(38)15-36/h5-7,13-14,20-21H,2-4,8-12,15,17-18,42H2,1H3/t20?,21-,36+/m1/s1. The maximum atomic E-state index is 17.1. The van der Waals surface area contributed by atoms with Crippen LogP contribution in [0.3, 0.4) is 0 Å². The highest BCUT2D eigenvalue weighted by Crippen LogP contribution is 2.46. The molecule has 0 amide bonds. The minimum Gasteiger partial charge on any atom is -0.461 e. The number of hydrogen-bond acceptors (Lipinski definition) is 10. The Hall–Kier alpha value is -4.45. The highest BCUT2D eigenvalue weighted by atomic mass is 35.5. The molecule has 0 radical (unpaired) electrons. The third kappa shape index (κ3) is 5.75. The van der Waals surface area contributed by atoms with Crippen molar-refractivity contribution in [2.45, 2.75) is 57.2 Å². The second-order valence-corrected chi connectivity index (χ2v) is 15.2. The molecular formula is C36H34ClF3N8O2S. The number of carbonyl (C=O) groups excluding carboxylic acids is 1. The Morgan fingerprint density at radius 3 is 2.82 bits per heavy atom. The summed E-state index contributed by atoms with van der Waals surface area (Å²) in [5.74, 6) is -1.35. The van der Waals surface area contributed by atoms with Crippen LogP contribution in [0.2, 0.25) is 5.02 Å². The third-order valence-corrected chi connectivity index (χ3v) is 11.9. The third-order valence-electron chi connectivity index (χ3n) is 10.6. The second-order valence-electron chi connectivity index (χ2n) is 13.7. The summed E-state index contributed by atoms with van der Waals surface area (Å²) >= 11 is 7.79. The fourth-order valence-electron chi connectivity index (χ4n) is 8.15. The van der Waals surface area contributed by atoms with E-state index < -0.39 is 23.3 Å². The number of thiophene rings is 1. The summed E-state index contributed by atoms with van der Waals surface area (Å²) in [4.78, 5) is 26.8. The van der Waals surface area contributed by atoms with Crippen molar-refractivity contribution < 1.29 is 22.7 Å². The summed E-state index contributed by atoms with van der Waals surface area (Å²) in [5, 5.41) is 14.8. The van der Waals surface area contributed by atoms with Crippen LogP contribution < -0.4 is 15.4 Å². The van der Waals surface area contributed by atoms with Crippen LogP contribution in [-0.4, -0.2) is 75.1 Å². The van der Waals surface area contributed by atoms with E-state index in [0.717, 1.165) is 36.4 Å². The zero-order chi connectivity index (χ0) is 35.6. The van der Waals surface area contributed by atoms with Gasteiger partial charge in [-0.15, -0.1) is 11.3 Å². The molecular weight excluding hydrogens is 701 g/mol. The Morgan fingerprint density at radius 1 is 1.20 bits per heavy atom. The zero-order valence-electron chi connectivity index (χ0n) is 27.8. The number of nitrogens with two attached hydrogens (primary N) is 1. The quantitative estimate of drug-likeness (QED) is 0.191. The molecule has 2 N–H and O–H groups in total. The topological polar surface area (TPSA) is 126 Å². The number of halogens is 4. The number of aromatic nitrogens is 4. The fraction of sp³-hybridized carbons (Fsp3) is 0.417. The van der Waals surface area contributed by atoms with E-state index in [4.69, 9.17) is 27.1 Å². The summed E-state index contributed by atoms with van der Waals surface area (Å²) < 4.78 is 54.4. The van der Waals surface area contributed by atoms with Crippen LogP contribution in [0.15, 0.2) is 30.5 Å². The maximum Gasteiger partial charge on any atom is 0.319 e. The van der Waals surface area contributed by atoms with Gasteiger partial charge in [0.25, 0.3) is 0 Å². The number of anilines is 2. The molecule has 3 aromatic heterocycles. The molecule has 5 aromatic rings. The highest BCUT2D eigenvalue weighted by Gasteiger charge is 2.49. The van der Waals surface area contributed by atoms with Crippen LogP contribution in [0.4, 0.5) is 24.0 Å². The van der Waals surface area contributed by atoms with Crippen LogP contribution in [0.25, 0.3) is 32.1 Å². The molecule has 0 spiro atoms. The molecule has 3 fully saturated rings. The van der Waals surface area contributed by atoms with E-state index in [1.54, 1.807) is 18.3 Å². The average Bonchev–Trinajstić information content (AvgIpc) is 3.82. The molecule has 1 unspecified atom stereocenters. The van der Waals surface area contributed by atoms with Crippen LogP contribution in [0, 0.1) is 35.8 Å². The molecule has 10 nitrogen and oxygen atoms in total. The molecule has 15 heteroatoms. The van der Waals surface area contributed by atoms with Crippen LogP contribution in [0.5, 0.6) is 6.01 Å². The van der Waals surface area contributed by atoms with Gasteiger partial charge >= 0.3 is 6.01 Å². The Labute approximate surface area is 300 Å². The van der Waals surface area contributed by atoms with Crippen LogP contribution in [-0.2, 0) is 0 Å². The average molecular weight is 735 g/mol. The van der Waals surface area contributed by atoms with Crippen molar-refractivity contribution in [3.63, 3.8) is 0 Å². The number of hydrogen-bond donors (Lipinski definition) is 1. The maximum absolute atomic E-state index is 17.1. The van der Waals surface area contributed by atoms with Gasteiger partial charge < -0.3 is 15.4 Å². The first-order valence-corrected chi connectivity index (χ1v) is 18.2. The normalized spacial score (nSPS) is 22.4. The molecule has 3 saturated heterocycles. The summed E-state index contributed by atoms with van der Waals surface area (Å²) in [6, 6.07) is 7.90. The van der Waals surface area contributed by atoms with Gasteiger partial charge in [0.2, 0.25) is 5.91 Å². The van der Waals surface area contributed by atoms with E-state index in [1.165, 1.54) is 16.8 Å². The van der Waals surface area contributed by atoms with Gasteiger partial charge in [-0.1, -0.05) is 17.7 Å². The lowest BCUT2D eigenvalue weighted by Crippen LogP contribution is -2.43. The van der Waals surface area contributed by atoms with E-state index in [2.05, 4.69) is 15.0 Å². The lowest BCUT2D eigenvalue weighted by atomic mass is 9.95. The predicted octanol–water partition coefficient (Wildman–Crippen LogP) is 7.30. The first kappa shape index (κ1) is 33.7. The minimum absolute atomic E-state index is 0.0115. The number of nitriles is 1. The van der Waals surface area contributed by atoms with E-state index in [9.17, 15) is 18.8 Å². The first-order chi connectivity index (χ1) is 24.6. The van der Waals surface area contributed by atoms with Gasteiger partial charge in [0, 0.05) is 54.5 Å². The minimum atomic E-state index is -0.959. The van der Waals surface area contributed by atoms with Crippen LogP contribution >= 0.6 is 22.9 Å². The molecule has 3 aliphatic heterocycles. The number of alkyl halides is 1. The Morgan fingerprint density at radius 2 is 2.04 bits per heavy atom. The van der Waals surface area contributed by atoms with Crippen molar-refractivity contribution in [3.8, 4) is 23.2 Å². The number of nitrogen functional groups attached to an aromatic ring is 1. The molecule has 0 aliphatic carbocycles. The summed E-state index contributed by atoms with van der Waals surface area (Å²) in [7, 11) is 0. The summed E-state index contributed by atoms with van der Waals surface area (Å²) in [6.45, 7) is 4.05. The van der Waals surface area contributed by atoms with Crippen molar-refractivity contribution in [1.82, 2.24) is 24.6 Å². The number of fused-ring (bicyclic) bond motifs is 3. The zero-order valence-corrected chi connectivity index (χ0v) is 29.3. The summed E-state index contributed by atoms with van der Waals surface area (Å²) in [6.07, 6.45) is 4.54. The van der Waals surface area contributed by atoms with Crippen LogP contribution in [0.1, 0.15) is 54.6 Å². The van der Waals surface area contributed by atoms with Gasteiger partial charge in [0.1, 0.15) is 41.0 Å². The molecule has 6 heterocycles. The molecule has 51 heavy (non-hydrogen) atoms. The molecule has 0 saturated carbocycles. The SMILES string of the molecule is Cc1ccn(C(=O)C2CCCN(c3nc(OC[C@@]45CCCN4C[C@H](F)C5)nc4c(F)c(-c5ccc(F)c6sc(N)c(C#N)c56)c(Cl)cc34)CC2)n1. The first-order valence-electron chi connectivity index (χ1n) is 17.0. The number of ether oxygens (including phenoxy) is 1. The number of rotatable bonds is 6. The molecule has 2 aromatic carbocycles. The van der Waals surface area contributed by atoms with Crippen molar-refractivity contribution in [2.24, 2.45) is 5.92 Å². The van der Waals surface area contributed by atoms with E-state index in [1.807, 2.05) is 17.9 Å². The van der Waals surface area contributed by atoms with E-state index in [0.29, 0.717) is 56.5 Å². The lowest BCUT2D eigenvalue weighted by Gasteiger charge is -2.31. The van der Waals surface area contributed by atoms with Crippen molar-refractivity contribution >= 4 is 60.7 Å². The Balaban J connectivity index is 1.23. The van der Waals surface area contributed by atoms with Crippen molar-refractivity contribution in [1.29, 1.82) is 5.26 Å². The highest BCUT2D eigenvalue weighted by molar-refractivity contribution is 7.23. The van der Waals surface area contributed by atoms with Gasteiger partial charge in [-0.05, 0) is 69.3 Å². The number of carbonyl (C=O) groups is 1. The van der Waals surface area contributed by atoms with Gasteiger partial charge in [0.05, 0.1) is 26.5 Å². The van der Waals surface area contributed by atoms with Gasteiger partial charge in [0.15, 0.2) is 5.82 Å².